The highest BCUT2D eigenvalue weighted by Crippen LogP contribution is 2.20. The first-order chi connectivity index (χ1) is 12.9. The average Bonchev–Trinajstić information content (AvgIpc) is 2.72. The van der Waals surface area contributed by atoms with Crippen LogP contribution < -0.4 is 0 Å². The van der Waals surface area contributed by atoms with Gasteiger partial charge in [0.1, 0.15) is 0 Å². The molecule has 0 amide bonds. The van der Waals surface area contributed by atoms with Crippen molar-refractivity contribution in [3.63, 3.8) is 0 Å². The fourth-order valence-corrected chi connectivity index (χ4v) is 2.80. The molecule has 0 aliphatic carbocycles. The van der Waals surface area contributed by atoms with E-state index in [9.17, 15) is 0 Å². The summed E-state index contributed by atoms with van der Waals surface area (Å²) in [5, 5.41) is 2.31. The summed E-state index contributed by atoms with van der Waals surface area (Å²) < 4.78 is 0. The Morgan fingerprint density at radius 2 is 1.04 bits per heavy atom. The van der Waals surface area contributed by atoms with Crippen LogP contribution in [-0.2, 0) is 0 Å². The van der Waals surface area contributed by atoms with Crippen LogP contribution in [0, 0.1) is 23.7 Å². The zero-order chi connectivity index (χ0) is 17.6. The van der Waals surface area contributed by atoms with Gasteiger partial charge in [0.15, 0.2) is 0 Å². The fourth-order valence-electron chi connectivity index (χ4n) is 2.80. The molecule has 0 bridgehead atoms. The van der Waals surface area contributed by atoms with E-state index in [0.717, 1.165) is 33.0 Å². The maximum atomic E-state index is 3.30. The first-order valence-corrected chi connectivity index (χ1v) is 8.55. The van der Waals surface area contributed by atoms with Crippen LogP contribution in [0.1, 0.15) is 22.3 Å². The molecule has 0 aromatic heterocycles. The lowest BCUT2D eigenvalue weighted by atomic mass is 10.0. The first kappa shape index (κ1) is 15.8. The van der Waals surface area contributed by atoms with Crippen LogP contribution in [-0.4, -0.2) is 0 Å². The van der Waals surface area contributed by atoms with E-state index in [0.29, 0.717) is 0 Å². The van der Waals surface area contributed by atoms with Crippen molar-refractivity contribution in [1.82, 2.24) is 0 Å². The third-order valence-corrected chi connectivity index (χ3v) is 4.12. The topological polar surface area (TPSA) is 0 Å². The van der Waals surface area contributed by atoms with Gasteiger partial charge in [-0.15, -0.1) is 0 Å². The molecule has 26 heavy (non-hydrogen) atoms. The highest BCUT2D eigenvalue weighted by molar-refractivity contribution is 5.89. The third-order valence-electron chi connectivity index (χ3n) is 4.12. The molecule has 0 fully saturated rings. The summed E-state index contributed by atoms with van der Waals surface area (Å²) in [4.78, 5) is 0. The second-order valence-electron chi connectivity index (χ2n) is 5.97. The van der Waals surface area contributed by atoms with Gasteiger partial charge >= 0.3 is 0 Å². The van der Waals surface area contributed by atoms with E-state index in [-0.39, 0.29) is 0 Å². The van der Waals surface area contributed by atoms with Crippen molar-refractivity contribution in [1.29, 1.82) is 0 Å². The lowest BCUT2D eigenvalue weighted by molar-refractivity contribution is 1.63. The van der Waals surface area contributed by atoms with Crippen molar-refractivity contribution in [3.05, 3.63) is 119 Å². The highest BCUT2D eigenvalue weighted by atomic mass is 14.0. The molecule has 4 rings (SSSR count). The number of benzene rings is 4. The van der Waals surface area contributed by atoms with Gasteiger partial charge in [0.25, 0.3) is 0 Å². The molecule has 0 aliphatic rings. The van der Waals surface area contributed by atoms with E-state index in [1.807, 2.05) is 66.7 Å². The van der Waals surface area contributed by atoms with Crippen LogP contribution in [0.3, 0.4) is 0 Å². The van der Waals surface area contributed by atoms with E-state index in [1.165, 1.54) is 0 Å². The number of hydrogen-bond donors (Lipinski definition) is 0. The van der Waals surface area contributed by atoms with Crippen molar-refractivity contribution >= 4 is 10.8 Å². The minimum Gasteiger partial charge on any atom is -0.0622 e. The second-order valence-corrected chi connectivity index (χ2v) is 5.97. The Kier molecular flexibility index (Phi) is 4.51. The van der Waals surface area contributed by atoms with Crippen molar-refractivity contribution < 1.29 is 0 Å². The molecule has 0 N–H and O–H groups in total. The molecular weight excluding hydrogens is 312 g/mol. The van der Waals surface area contributed by atoms with Gasteiger partial charge < -0.3 is 0 Å². The predicted octanol–water partition coefficient (Wildman–Crippen LogP) is 5.64. The van der Waals surface area contributed by atoms with Gasteiger partial charge in [-0.3, -0.25) is 0 Å². The maximum Gasteiger partial charge on any atom is 0.0327 e. The van der Waals surface area contributed by atoms with Gasteiger partial charge in [0.05, 0.1) is 0 Å². The molecule has 0 heteroatoms. The largest absolute Gasteiger partial charge is 0.0622 e. The molecule has 4 aromatic rings. The zero-order valence-corrected chi connectivity index (χ0v) is 14.2. The second kappa shape index (κ2) is 7.43. The van der Waals surface area contributed by atoms with Gasteiger partial charge in [-0.2, -0.15) is 0 Å². The molecule has 0 unspecified atom stereocenters. The summed E-state index contributed by atoms with van der Waals surface area (Å²) in [5.41, 5.74) is 4.09. The van der Waals surface area contributed by atoms with Crippen LogP contribution >= 0.6 is 0 Å². The Hall–Kier alpha value is -3.74. The number of hydrogen-bond acceptors (Lipinski definition) is 0. The van der Waals surface area contributed by atoms with Gasteiger partial charge in [0.2, 0.25) is 0 Å². The highest BCUT2D eigenvalue weighted by Gasteiger charge is 1.99. The van der Waals surface area contributed by atoms with Crippen LogP contribution in [0.5, 0.6) is 0 Å². The fraction of sp³-hybridized carbons (Fsp3) is 0. The van der Waals surface area contributed by atoms with Crippen molar-refractivity contribution in [2.45, 2.75) is 0 Å². The molecule has 0 heterocycles. The minimum atomic E-state index is 1.01. The summed E-state index contributed by atoms with van der Waals surface area (Å²) in [6.07, 6.45) is 0. The van der Waals surface area contributed by atoms with Crippen LogP contribution in [0.25, 0.3) is 10.8 Å². The predicted molar refractivity (Wildman–Crippen MR) is 109 cm³/mol. The number of rotatable bonds is 0. The lowest BCUT2D eigenvalue weighted by Crippen LogP contribution is -1.82. The van der Waals surface area contributed by atoms with Crippen LogP contribution in [0.4, 0.5) is 0 Å². The van der Waals surface area contributed by atoms with Crippen molar-refractivity contribution in [2.24, 2.45) is 0 Å². The molecule has 0 atom stereocenters. The summed E-state index contributed by atoms with van der Waals surface area (Å²) in [5.74, 6) is 13.0. The summed E-state index contributed by atoms with van der Waals surface area (Å²) in [6.45, 7) is 0. The van der Waals surface area contributed by atoms with Gasteiger partial charge in [-0.1, -0.05) is 78.3 Å². The molecular formula is C26H16. The molecule has 120 valence electrons. The smallest absolute Gasteiger partial charge is 0.0327 e. The van der Waals surface area contributed by atoms with Crippen LogP contribution in [0.15, 0.2) is 97.1 Å². The van der Waals surface area contributed by atoms with Gasteiger partial charge in [0, 0.05) is 22.3 Å². The Labute approximate surface area is 154 Å². The summed E-state index contributed by atoms with van der Waals surface area (Å²) in [6, 6.07) is 32.6. The summed E-state index contributed by atoms with van der Waals surface area (Å²) >= 11 is 0. The molecule has 4 aromatic carbocycles. The molecule has 0 spiro atoms. The first-order valence-electron chi connectivity index (χ1n) is 8.55. The van der Waals surface area contributed by atoms with Crippen molar-refractivity contribution in [2.75, 3.05) is 0 Å². The Bertz CT molecular complexity index is 1160. The summed E-state index contributed by atoms with van der Waals surface area (Å²) in [7, 11) is 0. The Balaban J connectivity index is 1.69. The normalized spacial score (nSPS) is 9.69. The molecule has 0 aliphatic heterocycles. The number of fused-ring (bicyclic) bond motifs is 1. The monoisotopic (exact) mass is 328 g/mol. The van der Waals surface area contributed by atoms with E-state index < -0.39 is 0 Å². The molecule has 0 radical (unpaired) electrons. The van der Waals surface area contributed by atoms with Crippen LogP contribution in [0.2, 0.25) is 0 Å². The molecule has 0 saturated carbocycles. The van der Waals surface area contributed by atoms with Crippen molar-refractivity contribution in [3.8, 4) is 23.7 Å². The van der Waals surface area contributed by atoms with E-state index >= 15 is 0 Å². The minimum absolute atomic E-state index is 1.01. The van der Waals surface area contributed by atoms with Gasteiger partial charge in [-0.25, -0.2) is 0 Å². The quantitative estimate of drug-likeness (QED) is 0.366. The van der Waals surface area contributed by atoms with Gasteiger partial charge in [-0.05, 0) is 53.2 Å². The molecule has 0 saturated heterocycles. The Morgan fingerprint density at radius 1 is 0.423 bits per heavy atom. The van der Waals surface area contributed by atoms with E-state index in [2.05, 4.69) is 54.0 Å². The maximum absolute atomic E-state index is 3.30. The van der Waals surface area contributed by atoms with E-state index in [1.54, 1.807) is 0 Å². The average molecular weight is 328 g/mol. The Morgan fingerprint density at radius 3 is 1.73 bits per heavy atom. The third kappa shape index (κ3) is 3.67. The SMILES string of the molecule is C(#Cc1ccc2c(C#Cc3ccccc3)cccc2c1)c1ccccc1. The standard InChI is InChI=1S/C26H16/c1-3-8-21(9-4-1)14-15-23-17-19-26-24(12-7-13-25(26)20-23)18-16-22-10-5-2-6-11-22/h1-13,17,19-20H. The zero-order valence-electron chi connectivity index (χ0n) is 14.2. The lowest BCUT2D eigenvalue weighted by Gasteiger charge is -2.01. The van der Waals surface area contributed by atoms with E-state index in [4.69, 9.17) is 0 Å². The molecule has 0 nitrogen and oxygen atoms in total.